The smallest absolute Gasteiger partial charge is 0.115 e. The first-order chi connectivity index (χ1) is 10.3. The van der Waals surface area contributed by atoms with Crippen LogP contribution in [0.5, 0.6) is 0 Å². The van der Waals surface area contributed by atoms with Gasteiger partial charge in [-0.2, -0.15) is 0 Å². The molecule has 3 unspecified atom stereocenters. The van der Waals surface area contributed by atoms with Gasteiger partial charge in [0.2, 0.25) is 0 Å². The standard InChI is InChI=1S/C18H25N3/c1-4-14(3)17(15-9-7-6-8-10-15)18(21-5-2)16-11-19-13-20-12-16/h6-14,17-18,21H,4-5H2,1-3H3. The lowest BCUT2D eigenvalue weighted by atomic mass is 9.78. The number of hydrogen-bond acceptors (Lipinski definition) is 3. The number of likely N-dealkylation sites (N-methyl/N-ethyl adjacent to an activating group) is 1. The highest BCUT2D eigenvalue weighted by atomic mass is 14.9. The van der Waals surface area contributed by atoms with Crippen molar-refractivity contribution in [1.82, 2.24) is 15.3 Å². The second-order valence-corrected chi connectivity index (χ2v) is 5.53. The largest absolute Gasteiger partial charge is 0.310 e. The SMILES string of the molecule is CCNC(c1cncnc1)C(c1ccccc1)C(C)CC. The van der Waals surface area contributed by atoms with E-state index in [0.29, 0.717) is 11.8 Å². The molecule has 0 aliphatic carbocycles. The molecule has 0 fully saturated rings. The molecule has 0 amide bonds. The fourth-order valence-corrected chi connectivity index (χ4v) is 2.92. The van der Waals surface area contributed by atoms with Crippen LogP contribution in [0.2, 0.25) is 0 Å². The van der Waals surface area contributed by atoms with E-state index in [1.807, 2.05) is 12.4 Å². The highest BCUT2D eigenvalue weighted by molar-refractivity contribution is 5.26. The van der Waals surface area contributed by atoms with Gasteiger partial charge in [0.05, 0.1) is 0 Å². The van der Waals surface area contributed by atoms with Gasteiger partial charge in [0, 0.05) is 29.9 Å². The van der Waals surface area contributed by atoms with E-state index in [-0.39, 0.29) is 6.04 Å². The van der Waals surface area contributed by atoms with Gasteiger partial charge in [0.1, 0.15) is 6.33 Å². The first-order valence-electron chi connectivity index (χ1n) is 7.81. The third-order valence-corrected chi connectivity index (χ3v) is 4.16. The Hall–Kier alpha value is -1.74. The minimum atomic E-state index is 0.244. The average Bonchev–Trinajstić information content (AvgIpc) is 2.56. The Balaban J connectivity index is 2.41. The molecule has 3 atom stereocenters. The molecule has 0 bridgehead atoms. The molecule has 0 aliphatic heterocycles. The van der Waals surface area contributed by atoms with Crippen molar-refractivity contribution >= 4 is 0 Å². The maximum atomic E-state index is 4.20. The highest BCUT2D eigenvalue weighted by Gasteiger charge is 2.28. The average molecular weight is 283 g/mol. The molecular formula is C18H25N3. The predicted octanol–water partition coefficient (Wildman–Crippen LogP) is 3.96. The number of aromatic nitrogens is 2. The van der Waals surface area contributed by atoms with Crippen molar-refractivity contribution in [1.29, 1.82) is 0 Å². The molecule has 0 radical (unpaired) electrons. The number of benzene rings is 1. The summed E-state index contributed by atoms with van der Waals surface area (Å²) in [4.78, 5) is 8.40. The van der Waals surface area contributed by atoms with E-state index in [9.17, 15) is 0 Å². The fourth-order valence-electron chi connectivity index (χ4n) is 2.92. The van der Waals surface area contributed by atoms with E-state index in [1.54, 1.807) is 6.33 Å². The Morgan fingerprint density at radius 3 is 2.24 bits per heavy atom. The second-order valence-electron chi connectivity index (χ2n) is 5.53. The van der Waals surface area contributed by atoms with Crippen molar-refractivity contribution in [3.05, 3.63) is 60.2 Å². The van der Waals surface area contributed by atoms with Crippen LogP contribution in [0.4, 0.5) is 0 Å². The van der Waals surface area contributed by atoms with E-state index in [0.717, 1.165) is 18.5 Å². The number of hydrogen-bond donors (Lipinski definition) is 1. The fraction of sp³-hybridized carbons (Fsp3) is 0.444. The lowest BCUT2D eigenvalue weighted by Crippen LogP contribution is -2.30. The molecule has 0 saturated heterocycles. The molecule has 0 aliphatic rings. The van der Waals surface area contributed by atoms with Crippen LogP contribution in [0.3, 0.4) is 0 Å². The van der Waals surface area contributed by atoms with Gasteiger partial charge in [-0.05, 0) is 18.0 Å². The molecule has 0 saturated carbocycles. The molecule has 112 valence electrons. The minimum absolute atomic E-state index is 0.244. The van der Waals surface area contributed by atoms with E-state index >= 15 is 0 Å². The van der Waals surface area contributed by atoms with Crippen LogP contribution < -0.4 is 5.32 Å². The van der Waals surface area contributed by atoms with Crippen molar-refractivity contribution in [3.8, 4) is 0 Å². The van der Waals surface area contributed by atoms with Crippen LogP contribution in [0.15, 0.2) is 49.1 Å². The van der Waals surface area contributed by atoms with Crippen LogP contribution in [0.1, 0.15) is 50.3 Å². The zero-order valence-electron chi connectivity index (χ0n) is 13.2. The summed E-state index contributed by atoms with van der Waals surface area (Å²) in [5.41, 5.74) is 2.54. The summed E-state index contributed by atoms with van der Waals surface area (Å²) in [6, 6.07) is 11.0. The molecule has 21 heavy (non-hydrogen) atoms. The van der Waals surface area contributed by atoms with E-state index in [4.69, 9.17) is 0 Å². The molecule has 0 spiro atoms. The number of nitrogens with zero attached hydrogens (tertiary/aromatic N) is 2. The van der Waals surface area contributed by atoms with E-state index in [2.05, 4.69) is 66.4 Å². The third kappa shape index (κ3) is 3.88. The lowest BCUT2D eigenvalue weighted by molar-refractivity contribution is 0.343. The van der Waals surface area contributed by atoms with Crippen LogP contribution in [-0.2, 0) is 0 Å². The van der Waals surface area contributed by atoms with Crippen molar-refractivity contribution in [2.75, 3.05) is 6.54 Å². The van der Waals surface area contributed by atoms with Gasteiger partial charge in [0.15, 0.2) is 0 Å². The van der Waals surface area contributed by atoms with Crippen LogP contribution >= 0.6 is 0 Å². The maximum Gasteiger partial charge on any atom is 0.115 e. The predicted molar refractivity (Wildman–Crippen MR) is 87.1 cm³/mol. The zero-order valence-corrected chi connectivity index (χ0v) is 13.2. The van der Waals surface area contributed by atoms with Gasteiger partial charge in [-0.3, -0.25) is 0 Å². The van der Waals surface area contributed by atoms with Crippen LogP contribution in [0.25, 0.3) is 0 Å². The Morgan fingerprint density at radius 2 is 1.67 bits per heavy atom. The second kappa shape index (κ2) is 7.89. The number of rotatable bonds is 7. The van der Waals surface area contributed by atoms with Crippen molar-refractivity contribution in [2.45, 2.75) is 39.2 Å². The summed E-state index contributed by atoms with van der Waals surface area (Å²) >= 11 is 0. The first kappa shape index (κ1) is 15.6. The van der Waals surface area contributed by atoms with Crippen molar-refractivity contribution in [2.24, 2.45) is 5.92 Å². The van der Waals surface area contributed by atoms with E-state index in [1.165, 1.54) is 5.56 Å². The van der Waals surface area contributed by atoms with Gasteiger partial charge < -0.3 is 5.32 Å². The van der Waals surface area contributed by atoms with Gasteiger partial charge in [0.25, 0.3) is 0 Å². The van der Waals surface area contributed by atoms with Crippen LogP contribution in [0, 0.1) is 5.92 Å². The van der Waals surface area contributed by atoms with Crippen molar-refractivity contribution < 1.29 is 0 Å². The summed E-state index contributed by atoms with van der Waals surface area (Å²) < 4.78 is 0. The summed E-state index contributed by atoms with van der Waals surface area (Å²) in [6.45, 7) is 7.66. The zero-order chi connectivity index (χ0) is 15.1. The normalized spacial score (nSPS) is 15.4. The molecule has 1 heterocycles. The van der Waals surface area contributed by atoms with Gasteiger partial charge in [-0.25, -0.2) is 9.97 Å². The molecule has 2 rings (SSSR count). The summed E-state index contributed by atoms with van der Waals surface area (Å²) in [5, 5.41) is 3.63. The van der Waals surface area contributed by atoms with E-state index < -0.39 is 0 Å². The third-order valence-electron chi connectivity index (χ3n) is 4.16. The highest BCUT2D eigenvalue weighted by Crippen LogP contribution is 2.37. The Kier molecular flexibility index (Phi) is 5.88. The maximum absolute atomic E-state index is 4.20. The lowest BCUT2D eigenvalue weighted by Gasteiger charge is -2.32. The molecule has 1 N–H and O–H groups in total. The molecular weight excluding hydrogens is 258 g/mol. The topological polar surface area (TPSA) is 37.8 Å². The Bertz CT molecular complexity index is 513. The molecule has 3 nitrogen and oxygen atoms in total. The van der Waals surface area contributed by atoms with Gasteiger partial charge in [-0.15, -0.1) is 0 Å². The van der Waals surface area contributed by atoms with Crippen molar-refractivity contribution in [3.63, 3.8) is 0 Å². The minimum Gasteiger partial charge on any atom is -0.310 e. The molecule has 3 heteroatoms. The molecule has 1 aromatic heterocycles. The molecule has 1 aromatic carbocycles. The Labute approximate surface area is 127 Å². The summed E-state index contributed by atoms with van der Waals surface area (Å²) in [6.07, 6.45) is 6.60. The monoisotopic (exact) mass is 283 g/mol. The van der Waals surface area contributed by atoms with Crippen LogP contribution in [-0.4, -0.2) is 16.5 Å². The summed E-state index contributed by atoms with van der Waals surface area (Å²) in [5.74, 6) is 0.999. The molecule has 2 aromatic rings. The van der Waals surface area contributed by atoms with Gasteiger partial charge >= 0.3 is 0 Å². The van der Waals surface area contributed by atoms with Gasteiger partial charge in [-0.1, -0.05) is 57.5 Å². The number of nitrogens with one attached hydrogen (secondary N) is 1. The quantitative estimate of drug-likeness (QED) is 0.836. The Morgan fingerprint density at radius 1 is 1.00 bits per heavy atom. The summed E-state index contributed by atoms with van der Waals surface area (Å²) in [7, 11) is 0. The first-order valence-corrected chi connectivity index (χ1v) is 7.81.